The molecule has 0 aliphatic heterocycles. The number of esters is 1. The van der Waals surface area contributed by atoms with Crippen LogP contribution in [0, 0.1) is 17.2 Å². The Balaban J connectivity index is 2.09. The van der Waals surface area contributed by atoms with E-state index in [0.717, 1.165) is 6.42 Å². The number of oxazole rings is 1. The predicted molar refractivity (Wildman–Crippen MR) is 97.9 cm³/mol. The van der Waals surface area contributed by atoms with Gasteiger partial charge in [-0.2, -0.15) is 5.26 Å². The lowest BCUT2D eigenvalue weighted by molar-refractivity contribution is 0.0594. The maximum atomic E-state index is 12.7. The molecule has 2 rings (SSSR count). The van der Waals surface area contributed by atoms with Crippen LogP contribution in [0.4, 0.5) is 10.5 Å². The highest BCUT2D eigenvalue weighted by atomic mass is 16.5. The fourth-order valence-electron chi connectivity index (χ4n) is 2.24. The molecular weight excluding hydrogens is 348 g/mol. The second-order valence-electron chi connectivity index (χ2n) is 6.34. The van der Waals surface area contributed by atoms with Crippen molar-refractivity contribution in [1.82, 2.24) is 9.88 Å². The molecule has 0 aliphatic rings. The Morgan fingerprint density at radius 3 is 2.63 bits per heavy atom. The Hall–Kier alpha value is -3.34. The SMILES string of the molecule is COC(=O)c1coc(CN(CCC(C)C)C(=O)Nc2ccc(C#N)cc2)n1. The summed E-state index contributed by atoms with van der Waals surface area (Å²) in [4.78, 5) is 29.8. The van der Waals surface area contributed by atoms with Gasteiger partial charge in [0.1, 0.15) is 6.26 Å². The molecule has 27 heavy (non-hydrogen) atoms. The van der Waals surface area contributed by atoms with Gasteiger partial charge in [0.25, 0.3) is 0 Å². The van der Waals surface area contributed by atoms with Gasteiger partial charge in [-0.3, -0.25) is 0 Å². The molecule has 0 fully saturated rings. The molecule has 8 heteroatoms. The number of ether oxygens (including phenoxy) is 1. The minimum Gasteiger partial charge on any atom is -0.464 e. The highest BCUT2D eigenvalue weighted by Gasteiger charge is 2.19. The number of aromatic nitrogens is 1. The van der Waals surface area contributed by atoms with Crippen molar-refractivity contribution in [3.05, 3.63) is 47.7 Å². The monoisotopic (exact) mass is 370 g/mol. The molecule has 0 aliphatic carbocycles. The van der Waals surface area contributed by atoms with Crippen molar-refractivity contribution in [3.8, 4) is 6.07 Å². The number of hydrogen-bond donors (Lipinski definition) is 1. The van der Waals surface area contributed by atoms with Crippen LogP contribution in [0.25, 0.3) is 0 Å². The summed E-state index contributed by atoms with van der Waals surface area (Å²) in [5, 5.41) is 11.6. The first-order chi connectivity index (χ1) is 12.9. The first kappa shape index (κ1) is 20.0. The van der Waals surface area contributed by atoms with Crippen molar-refractivity contribution in [1.29, 1.82) is 5.26 Å². The van der Waals surface area contributed by atoms with Crippen LogP contribution >= 0.6 is 0 Å². The highest BCUT2D eigenvalue weighted by Crippen LogP contribution is 2.14. The molecule has 0 saturated carbocycles. The molecule has 0 unspecified atom stereocenters. The molecular formula is C19H22N4O4. The molecule has 1 heterocycles. The summed E-state index contributed by atoms with van der Waals surface area (Å²) in [7, 11) is 1.26. The predicted octanol–water partition coefficient (Wildman–Crippen LogP) is 3.41. The van der Waals surface area contributed by atoms with E-state index in [1.54, 1.807) is 29.2 Å². The van der Waals surface area contributed by atoms with E-state index in [2.05, 4.69) is 28.9 Å². The van der Waals surface area contributed by atoms with Gasteiger partial charge < -0.3 is 19.4 Å². The second-order valence-corrected chi connectivity index (χ2v) is 6.34. The van der Waals surface area contributed by atoms with E-state index in [-0.39, 0.29) is 24.2 Å². The Labute approximate surface area is 157 Å². The molecule has 0 spiro atoms. The number of anilines is 1. The molecule has 1 aromatic carbocycles. The first-order valence-electron chi connectivity index (χ1n) is 8.51. The van der Waals surface area contributed by atoms with Gasteiger partial charge in [0, 0.05) is 12.2 Å². The van der Waals surface area contributed by atoms with E-state index in [9.17, 15) is 9.59 Å². The largest absolute Gasteiger partial charge is 0.464 e. The van der Waals surface area contributed by atoms with Gasteiger partial charge in [-0.25, -0.2) is 14.6 Å². The third-order valence-corrected chi connectivity index (χ3v) is 3.80. The lowest BCUT2D eigenvalue weighted by Gasteiger charge is -2.22. The number of methoxy groups -OCH3 is 1. The van der Waals surface area contributed by atoms with E-state index < -0.39 is 5.97 Å². The van der Waals surface area contributed by atoms with E-state index in [4.69, 9.17) is 9.68 Å². The van der Waals surface area contributed by atoms with Crippen LogP contribution in [-0.4, -0.2) is 35.5 Å². The van der Waals surface area contributed by atoms with E-state index >= 15 is 0 Å². The Morgan fingerprint density at radius 1 is 1.33 bits per heavy atom. The zero-order chi connectivity index (χ0) is 19.8. The molecule has 1 N–H and O–H groups in total. The van der Waals surface area contributed by atoms with Crippen LogP contribution in [0.1, 0.15) is 42.2 Å². The van der Waals surface area contributed by atoms with E-state index in [1.807, 2.05) is 6.07 Å². The minimum absolute atomic E-state index is 0.0591. The van der Waals surface area contributed by atoms with Crippen LogP contribution in [-0.2, 0) is 11.3 Å². The van der Waals surface area contributed by atoms with Crippen LogP contribution in [0.3, 0.4) is 0 Å². The van der Waals surface area contributed by atoms with Crippen molar-refractivity contribution in [2.45, 2.75) is 26.8 Å². The van der Waals surface area contributed by atoms with E-state index in [0.29, 0.717) is 23.7 Å². The van der Waals surface area contributed by atoms with E-state index in [1.165, 1.54) is 13.4 Å². The number of rotatable bonds is 7. The van der Waals surface area contributed by atoms with Crippen molar-refractivity contribution < 1.29 is 18.7 Å². The summed E-state index contributed by atoms with van der Waals surface area (Å²) >= 11 is 0. The molecule has 142 valence electrons. The summed E-state index contributed by atoms with van der Waals surface area (Å²) in [5.41, 5.74) is 1.15. The molecule has 0 atom stereocenters. The van der Waals surface area contributed by atoms with Gasteiger partial charge in [0.2, 0.25) is 5.89 Å². The van der Waals surface area contributed by atoms with Gasteiger partial charge >= 0.3 is 12.0 Å². The average molecular weight is 370 g/mol. The lowest BCUT2D eigenvalue weighted by atomic mass is 10.1. The molecule has 8 nitrogen and oxygen atoms in total. The number of nitrogens with zero attached hydrogens (tertiary/aromatic N) is 3. The van der Waals surface area contributed by atoms with Crippen LogP contribution in [0.5, 0.6) is 0 Å². The minimum atomic E-state index is -0.597. The smallest absolute Gasteiger partial charge is 0.360 e. The van der Waals surface area contributed by atoms with Gasteiger partial charge in [-0.05, 0) is 36.6 Å². The number of nitrogens with one attached hydrogen (secondary N) is 1. The summed E-state index contributed by atoms with van der Waals surface area (Å²) in [6.45, 7) is 4.75. The summed E-state index contributed by atoms with van der Waals surface area (Å²) < 4.78 is 9.89. The fraction of sp³-hybridized carbons (Fsp3) is 0.368. The van der Waals surface area contributed by atoms with Crippen molar-refractivity contribution in [2.75, 3.05) is 19.0 Å². The second kappa shape index (κ2) is 9.38. The average Bonchev–Trinajstić information content (AvgIpc) is 3.13. The molecule has 0 bridgehead atoms. The van der Waals surface area contributed by atoms with Gasteiger partial charge in [-0.1, -0.05) is 13.8 Å². The number of amides is 2. The Bertz CT molecular complexity index is 821. The summed E-state index contributed by atoms with van der Waals surface area (Å²) in [5.74, 6) is 0.0558. The Kier molecular flexibility index (Phi) is 6.94. The molecule has 2 amide bonds. The number of benzene rings is 1. The van der Waals surface area contributed by atoms with Gasteiger partial charge in [-0.15, -0.1) is 0 Å². The third-order valence-electron chi connectivity index (χ3n) is 3.80. The molecule has 0 saturated heterocycles. The van der Waals surface area contributed by atoms with Crippen LogP contribution in [0.2, 0.25) is 0 Å². The molecule has 2 aromatic rings. The molecule has 1 aromatic heterocycles. The fourth-order valence-corrected chi connectivity index (χ4v) is 2.24. The Morgan fingerprint density at radius 2 is 2.04 bits per heavy atom. The first-order valence-corrected chi connectivity index (χ1v) is 8.51. The van der Waals surface area contributed by atoms with Gasteiger partial charge in [0.05, 0.1) is 25.3 Å². The number of hydrogen-bond acceptors (Lipinski definition) is 6. The number of carbonyl (C=O) groups is 2. The standard InChI is InChI=1S/C19H22N4O4/c1-13(2)8-9-23(11-17-22-16(12-27-17)18(24)26-3)19(25)21-15-6-4-14(10-20)5-7-15/h4-7,12-13H,8-9,11H2,1-3H3,(H,21,25). The topological polar surface area (TPSA) is 108 Å². The van der Waals surface area contributed by atoms with Crippen LogP contribution < -0.4 is 5.32 Å². The maximum Gasteiger partial charge on any atom is 0.360 e. The number of urea groups is 1. The summed E-state index contributed by atoms with van der Waals surface area (Å²) in [6, 6.07) is 8.30. The maximum absolute atomic E-state index is 12.7. The molecule has 0 radical (unpaired) electrons. The zero-order valence-corrected chi connectivity index (χ0v) is 15.6. The van der Waals surface area contributed by atoms with Crippen molar-refractivity contribution in [2.24, 2.45) is 5.92 Å². The normalized spacial score (nSPS) is 10.3. The van der Waals surface area contributed by atoms with Gasteiger partial charge in [0.15, 0.2) is 5.69 Å². The lowest BCUT2D eigenvalue weighted by Crippen LogP contribution is -2.36. The number of carbonyl (C=O) groups excluding carboxylic acids is 2. The zero-order valence-electron chi connectivity index (χ0n) is 15.6. The highest BCUT2D eigenvalue weighted by molar-refractivity contribution is 5.89. The third kappa shape index (κ3) is 5.85. The van der Waals surface area contributed by atoms with Crippen molar-refractivity contribution in [3.63, 3.8) is 0 Å². The van der Waals surface area contributed by atoms with Crippen LogP contribution in [0.15, 0.2) is 34.9 Å². The van der Waals surface area contributed by atoms with Crippen molar-refractivity contribution >= 4 is 17.7 Å². The number of nitriles is 1. The summed E-state index contributed by atoms with van der Waals surface area (Å²) in [6.07, 6.45) is 2.01. The quantitative estimate of drug-likeness (QED) is 0.748.